The topological polar surface area (TPSA) is 110 Å². The number of carbonyl (C=O) groups is 1. The van der Waals surface area contributed by atoms with E-state index in [2.05, 4.69) is 22.1 Å². The normalized spacial score (nSPS) is 15.9. The van der Waals surface area contributed by atoms with E-state index in [1.165, 1.54) is 5.56 Å². The summed E-state index contributed by atoms with van der Waals surface area (Å²) in [6.45, 7) is 8.86. The number of piperazine rings is 1. The van der Waals surface area contributed by atoms with Crippen molar-refractivity contribution in [2.24, 2.45) is 22.2 Å². The fourth-order valence-corrected chi connectivity index (χ4v) is 4.59. The zero-order valence-electron chi connectivity index (χ0n) is 22.1. The molecule has 3 rings (SSSR count). The molecule has 36 heavy (non-hydrogen) atoms. The molecule has 0 saturated carbocycles. The average Bonchev–Trinajstić information content (AvgIpc) is 2.89. The predicted octanol–water partition coefficient (Wildman–Crippen LogP) is 2.63. The molecule has 1 aliphatic heterocycles. The number of nitrogens with zero attached hydrogens (tertiary/aromatic N) is 4. The van der Waals surface area contributed by atoms with E-state index < -0.39 is 5.41 Å². The number of ether oxygens (including phenoxy) is 2. The van der Waals surface area contributed by atoms with Gasteiger partial charge < -0.3 is 20.2 Å². The van der Waals surface area contributed by atoms with Gasteiger partial charge in [0.25, 0.3) is 0 Å². The van der Waals surface area contributed by atoms with Gasteiger partial charge in [-0.05, 0) is 18.1 Å². The van der Waals surface area contributed by atoms with E-state index in [0.29, 0.717) is 50.1 Å². The molecule has 1 fully saturated rings. The fourth-order valence-electron chi connectivity index (χ4n) is 4.59. The first-order valence-electron chi connectivity index (χ1n) is 12.3. The molecule has 4 N–H and O–H groups in total. The van der Waals surface area contributed by atoms with Crippen LogP contribution in [0, 0.1) is 5.41 Å². The van der Waals surface area contributed by atoms with Crippen molar-refractivity contribution in [3.8, 4) is 11.5 Å². The maximum absolute atomic E-state index is 12.9. The molecule has 1 atom stereocenters. The lowest BCUT2D eigenvalue weighted by Gasteiger charge is -2.42. The predicted molar refractivity (Wildman–Crippen MR) is 143 cm³/mol. The molecule has 0 spiro atoms. The Hall–Kier alpha value is -3.30. The minimum atomic E-state index is -0.424. The van der Waals surface area contributed by atoms with Crippen LogP contribution in [0.1, 0.15) is 37.9 Å². The molecule has 9 heteroatoms. The van der Waals surface area contributed by atoms with E-state index >= 15 is 0 Å². The summed E-state index contributed by atoms with van der Waals surface area (Å²) in [4.78, 5) is 17.0. The number of carbonyl (C=O) groups excluding carboxylic acids is 1. The molecule has 1 heterocycles. The third kappa shape index (κ3) is 6.27. The van der Waals surface area contributed by atoms with Crippen molar-refractivity contribution >= 4 is 11.7 Å². The lowest BCUT2D eigenvalue weighted by Crippen LogP contribution is -2.55. The van der Waals surface area contributed by atoms with Crippen molar-refractivity contribution in [2.75, 3.05) is 46.9 Å². The van der Waals surface area contributed by atoms with E-state index in [0.717, 1.165) is 12.0 Å². The molecule has 0 bridgehead atoms. The molecule has 1 amide bonds. The Balaban J connectivity index is 1.91. The van der Waals surface area contributed by atoms with Crippen LogP contribution >= 0.6 is 0 Å². The molecule has 0 aliphatic carbocycles. The van der Waals surface area contributed by atoms with E-state index in [9.17, 15) is 4.79 Å². The number of methoxy groups -OCH3 is 2. The molecule has 2 aromatic rings. The molecular formula is C27H40N6O3. The standard InChI is InChI=1S/C27H40N6O3/c1-27(2,3)26(34)32-18-16-31(17-19-32)23(21-12-9-13-22(35-4)24(21)36-5)25(30-28)33(29)15-14-20-10-7-6-8-11-20/h6-13,23H,14-19,28-29H2,1-5H3/b30-25-. The minimum absolute atomic E-state index is 0.147. The summed E-state index contributed by atoms with van der Waals surface area (Å²) in [5.74, 6) is 14.5. The van der Waals surface area contributed by atoms with E-state index in [1.807, 2.05) is 62.1 Å². The SMILES string of the molecule is COc1cccc(C(/C(=N/N)N(N)CCc2ccccc2)N2CCN(C(=O)C(C)(C)C)CC2)c1OC. The highest BCUT2D eigenvalue weighted by Crippen LogP contribution is 2.38. The van der Waals surface area contributed by atoms with Crippen molar-refractivity contribution in [2.45, 2.75) is 33.2 Å². The van der Waals surface area contributed by atoms with Gasteiger partial charge in [0.2, 0.25) is 5.91 Å². The lowest BCUT2D eigenvalue weighted by atomic mass is 9.94. The fraction of sp³-hybridized carbons (Fsp3) is 0.481. The maximum atomic E-state index is 12.9. The van der Waals surface area contributed by atoms with Crippen molar-refractivity contribution in [3.05, 3.63) is 59.7 Å². The van der Waals surface area contributed by atoms with Crippen molar-refractivity contribution in [1.82, 2.24) is 14.8 Å². The molecule has 0 aromatic heterocycles. The minimum Gasteiger partial charge on any atom is -0.493 e. The second-order valence-corrected chi connectivity index (χ2v) is 9.98. The Morgan fingerprint density at radius 3 is 2.25 bits per heavy atom. The largest absolute Gasteiger partial charge is 0.493 e. The maximum Gasteiger partial charge on any atom is 0.228 e. The van der Waals surface area contributed by atoms with Crippen LogP contribution in [-0.2, 0) is 11.2 Å². The highest BCUT2D eigenvalue weighted by atomic mass is 16.5. The first kappa shape index (κ1) is 27.3. The number of hydrogen-bond donors (Lipinski definition) is 2. The van der Waals surface area contributed by atoms with Crippen molar-refractivity contribution < 1.29 is 14.3 Å². The summed E-state index contributed by atoms with van der Waals surface area (Å²) in [6, 6.07) is 15.5. The van der Waals surface area contributed by atoms with Gasteiger partial charge in [-0.25, -0.2) is 5.84 Å². The second-order valence-electron chi connectivity index (χ2n) is 9.98. The van der Waals surface area contributed by atoms with Crippen LogP contribution < -0.4 is 21.2 Å². The third-order valence-electron chi connectivity index (χ3n) is 6.49. The van der Waals surface area contributed by atoms with Crippen LogP contribution in [0.3, 0.4) is 0 Å². The zero-order chi connectivity index (χ0) is 26.3. The van der Waals surface area contributed by atoms with Crippen LogP contribution in [0.25, 0.3) is 0 Å². The summed E-state index contributed by atoms with van der Waals surface area (Å²) in [5, 5.41) is 5.79. The Morgan fingerprint density at radius 2 is 1.69 bits per heavy atom. The van der Waals surface area contributed by atoms with Crippen LogP contribution in [0.5, 0.6) is 11.5 Å². The number of hydrazone groups is 1. The molecule has 196 valence electrons. The summed E-state index contributed by atoms with van der Waals surface area (Å²) in [5.41, 5.74) is 1.61. The molecule has 2 aromatic carbocycles. The van der Waals surface area contributed by atoms with E-state index in [4.69, 9.17) is 21.2 Å². The zero-order valence-corrected chi connectivity index (χ0v) is 22.1. The molecule has 0 radical (unpaired) electrons. The monoisotopic (exact) mass is 496 g/mol. The number of benzene rings is 2. The van der Waals surface area contributed by atoms with Gasteiger partial charge in [-0.2, -0.15) is 5.10 Å². The number of hydrazine groups is 1. The Labute approximate surface area is 214 Å². The summed E-state index contributed by atoms with van der Waals surface area (Å²) >= 11 is 0. The molecule has 1 unspecified atom stereocenters. The summed E-state index contributed by atoms with van der Waals surface area (Å²) in [7, 11) is 3.23. The highest BCUT2D eigenvalue weighted by molar-refractivity contribution is 5.89. The molecule has 9 nitrogen and oxygen atoms in total. The Bertz CT molecular complexity index is 1030. The number of hydrogen-bond acceptors (Lipinski definition) is 7. The van der Waals surface area contributed by atoms with E-state index in [1.54, 1.807) is 19.2 Å². The first-order chi connectivity index (χ1) is 17.2. The third-order valence-corrected chi connectivity index (χ3v) is 6.49. The quantitative estimate of drug-likeness (QED) is 0.250. The van der Waals surface area contributed by atoms with Crippen LogP contribution in [0.15, 0.2) is 53.6 Å². The van der Waals surface area contributed by atoms with Gasteiger partial charge in [0.1, 0.15) is 6.04 Å². The number of para-hydroxylation sites is 1. The van der Waals surface area contributed by atoms with Crippen LogP contribution in [-0.4, -0.2) is 73.5 Å². The van der Waals surface area contributed by atoms with Crippen LogP contribution in [0.4, 0.5) is 0 Å². The summed E-state index contributed by atoms with van der Waals surface area (Å²) < 4.78 is 11.3. The van der Waals surface area contributed by atoms with Crippen molar-refractivity contribution in [3.63, 3.8) is 0 Å². The number of rotatable bonds is 8. The lowest BCUT2D eigenvalue weighted by molar-refractivity contribution is -0.141. The molecule has 1 saturated heterocycles. The van der Waals surface area contributed by atoms with E-state index in [-0.39, 0.29) is 11.9 Å². The smallest absolute Gasteiger partial charge is 0.228 e. The van der Waals surface area contributed by atoms with Crippen molar-refractivity contribution in [1.29, 1.82) is 0 Å². The van der Waals surface area contributed by atoms with Gasteiger partial charge in [-0.3, -0.25) is 14.7 Å². The average molecular weight is 497 g/mol. The number of amidine groups is 1. The number of nitrogens with two attached hydrogens (primary N) is 2. The number of amides is 1. The van der Waals surface area contributed by atoms with Gasteiger partial charge in [0, 0.05) is 43.7 Å². The van der Waals surface area contributed by atoms with Gasteiger partial charge in [-0.1, -0.05) is 63.2 Å². The summed E-state index contributed by atoms with van der Waals surface area (Å²) in [6.07, 6.45) is 0.742. The van der Waals surface area contributed by atoms with Gasteiger partial charge in [0.15, 0.2) is 17.3 Å². The molecule has 1 aliphatic rings. The first-order valence-corrected chi connectivity index (χ1v) is 12.3. The van der Waals surface area contributed by atoms with Gasteiger partial charge in [-0.15, -0.1) is 0 Å². The van der Waals surface area contributed by atoms with Gasteiger partial charge >= 0.3 is 0 Å². The van der Waals surface area contributed by atoms with Gasteiger partial charge in [0.05, 0.1) is 14.2 Å². The molecular weight excluding hydrogens is 456 g/mol. The van der Waals surface area contributed by atoms with Crippen LogP contribution in [0.2, 0.25) is 0 Å². The Morgan fingerprint density at radius 1 is 1.03 bits per heavy atom. The second kappa shape index (κ2) is 12.1. The Kier molecular flexibility index (Phi) is 9.17. The highest BCUT2D eigenvalue weighted by Gasteiger charge is 2.36.